The zero-order valence-corrected chi connectivity index (χ0v) is 26.3. The highest BCUT2D eigenvalue weighted by molar-refractivity contribution is 7.84. The second-order valence-electron chi connectivity index (χ2n) is 10.2. The third-order valence-corrected chi connectivity index (χ3v) is 8.91. The van der Waals surface area contributed by atoms with Crippen LogP contribution in [0.3, 0.4) is 0 Å². The number of alkyl halides is 1. The lowest BCUT2D eigenvalue weighted by molar-refractivity contribution is -0.167. The van der Waals surface area contributed by atoms with E-state index in [1.54, 1.807) is 0 Å². The third-order valence-electron chi connectivity index (χ3n) is 5.30. The number of aromatic nitrogens is 1. The summed E-state index contributed by atoms with van der Waals surface area (Å²) in [6.07, 6.45) is 0. The average Bonchev–Trinajstić information content (AvgIpc) is 3.31. The molecule has 1 aliphatic heterocycles. The van der Waals surface area contributed by atoms with Crippen molar-refractivity contribution in [3.05, 3.63) is 11.1 Å². The molecule has 2 heterocycles. The van der Waals surface area contributed by atoms with Crippen molar-refractivity contribution in [2.24, 2.45) is 5.16 Å². The molecule has 41 heavy (non-hydrogen) atoms. The van der Waals surface area contributed by atoms with E-state index in [9.17, 15) is 36.9 Å². The van der Waals surface area contributed by atoms with Crippen molar-refractivity contribution in [3.8, 4) is 0 Å². The molecule has 1 aromatic heterocycles. The molecule has 2 atom stereocenters. The van der Waals surface area contributed by atoms with Crippen LogP contribution in [0.2, 0.25) is 25.7 Å². The van der Waals surface area contributed by atoms with E-state index in [1.165, 1.54) is 19.2 Å². The Labute approximate surface area is 245 Å². The number of thiazole rings is 1. The molecule has 16 nitrogen and oxygen atoms in total. The van der Waals surface area contributed by atoms with E-state index in [0.29, 0.717) is 6.04 Å². The summed E-state index contributed by atoms with van der Waals surface area (Å²) in [6.45, 7) is 9.12. The fourth-order valence-corrected chi connectivity index (χ4v) is 5.37. The van der Waals surface area contributed by atoms with Crippen LogP contribution >= 0.6 is 22.9 Å². The lowest BCUT2D eigenvalue weighted by Gasteiger charge is -2.41. The number of methoxy groups -OCH3 is 1. The van der Waals surface area contributed by atoms with Gasteiger partial charge in [-0.2, -0.15) is 12.7 Å². The van der Waals surface area contributed by atoms with Crippen molar-refractivity contribution in [1.82, 2.24) is 14.6 Å². The van der Waals surface area contributed by atoms with Crippen LogP contribution in [0.5, 0.6) is 0 Å². The Morgan fingerprint density at radius 3 is 2.44 bits per heavy atom. The zero-order chi connectivity index (χ0) is 31.3. The van der Waals surface area contributed by atoms with Crippen molar-refractivity contribution in [1.29, 1.82) is 0 Å². The van der Waals surface area contributed by atoms with Crippen LogP contribution in [0, 0.1) is 0 Å². The maximum atomic E-state index is 13.2. The maximum Gasteiger partial charge on any atom is 0.363 e. The first-order chi connectivity index (χ1) is 18.8. The molecule has 0 aromatic carbocycles. The van der Waals surface area contributed by atoms with E-state index in [-0.39, 0.29) is 27.6 Å². The molecule has 3 amide bonds. The highest BCUT2D eigenvalue weighted by Crippen LogP contribution is 2.25. The molecule has 1 saturated heterocycles. The minimum atomic E-state index is -5.16. The molecule has 2 unspecified atom stereocenters. The van der Waals surface area contributed by atoms with Gasteiger partial charge in [0.25, 0.3) is 11.8 Å². The van der Waals surface area contributed by atoms with E-state index in [4.69, 9.17) is 21.2 Å². The van der Waals surface area contributed by atoms with Gasteiger partial charge in [0.15, 0.2) is 16.9 Å². The largest absolute Gasteiger partial charge is 0.467 e. The number of carbonyl (C=O) groups is 5. The lowest BCUT2D eigenvalue weighted by atomic mass is 9.98. The molecule has 3 N–H and O–H groups in total. The number of nitrogens with one attached hydrogen (secondary N) is 2. The van der Waals surface area contributed by atoms with Gasteiger partial charge in [-0.25, -0.2) is 14.6 Å². The molecule has 1 fully saturated rings. The summed E-state index contributed by atoms with van der Waals surface area (Å²) in [6, 6.07) is -3.00. The van der Waals surface area contributed by atoms with E-state index in [2.05, 4.69) is 45.2 Å². The summed E-state index contributed by atoms with van der Waals surface area (Å²) >= 11 is 6.36. The number of β-lactam (4-membered cyclic amide) rings is 1. The number of halogens is 1. The van der Waals surface area contributed by atoms with Gasteiger partial charge in [-0.3, -0.25) is 18.9 Å². The molecule has 2 rings (SSSR count). The van der Waals surface area contributed by atoms with Gasteiger partial charge in [-0.05, 0) is 19.9 Å². The first kappa shape index (κ1) is 34.1. The second-order valence-corrected chi connectivity index (χ2v) is 18.3. The Morgan fingerprint density at radius 1 is 1.27 bits per heavy atom. The predicted octanol–water partition coefficient (Wildman–Crippen LogP) is 0.373. The Kier molecular flexibility index (Phi) is 11.0. The number of anilines is 1. The van der Waals surface area contributed by atoms with Crippen molar-refractivity contribution in [2.45, 2.75) is 57.2 Å². The maximum absolute atomic E-state index is 13.2. The smallest absolute Gasteiger partial charge is 0.363 e. The number of nitrogens with zero attached hydrogens (tertiary/aromatic N) is 3. The second kappa shape index (κ2) is 13.2. The SMILES string of the molecule is COC(=O)C1C(NC(=O)C(=NOC(C)(C)C(=O)OCC[Si](C)(C)C)c2csc(NC(=O)CCl)n2)C(=O)N1S(=O)(=O)O. The molecule has 1 aliphatic rings. The quantitative estimate of drug-likeness (QED) is 0.0499. The molecule has 1 aromatic rings. The molecular weight excluding hydrogens is 626 g/mol. The van der Waals surface area contributed by atoms with Crippen molar-refractivity contribution >= 4 is 81.8 Å². The van der Waals surface area contributed by atoms with Gasteiger partial charge in [-0.15, -0.1) is 22.9 Å². The standard InChI is InChI=1S/C21H30ClN5O11S2Si/c1-21(2,19(32)37-7-8-41(4,5)6)38-26-13(11-10-39-20(23-11)24-12(28)9-22)16(29)25-14-15(18(31)36-3)27(17(14)30)40(33,34)35/h10,14-15H,7-9H2,1-6H3,(H,25,29)(H,23,24,28)(H,33,34,35). The Morgan fingerprint density at radius 2 is 1.90 bits per heavy atom. The van der Waals surface area contributed by atoms with Crippen LogP contribution in [0.15, 0.2) is 10.5 Å². The van der Waals surface area contributed by atoms with Gasteiger partial charge in [0.1, 0.15) is 17.6 Å². The number of ether oxygens (including phenoxy) is 2. The van der Waals surface area contributed by atoms with Gasteiger partial charge < -0.3 is 24.9 Å². The van der Waals surface area contributed by atoms with E-state index < -0.39 is 71.4 Å². The number of hydrogen-bond acceptors (Lipinski definition) is 13. The number of rotatable bonds is 13. The van der Waals surface area contributed by atoms with Crippen molar-refractivity contribution < 1.29 is 51.3 Å². The number of oxime groups is 1. The molecule has 0 radical (unpaired) electrons. The molecule has 20 heteroatoms. The Balaban J connectivity index is 2.36. The molecule has 0 saturated carbocycles. The molecular formula is C21H30ClN5O11S2Si. The van der Waals surface area contributed by atoms with E-state index >= 15 is 0 Å². The Hall–Kier alpha value is -3.13. The molecule has 0 bridgehead atoms. The lowest BCUT2D eigenvalue weighted by Crippen LogP contribution is -2.74. The fraction of sp³-hybridized carbons (Fsp3) is 0.571. The highest BCUT2D eigenvalue weighted by atomic mass is 35.5. The summed E-state index contributed by atoms with van der Waals surface area (Å²) in [4.78, 5) is 71.5. The summed E-state index contributed by atoms with van der Waals surface area (Å²) in [7, 11) is -5.76. The van der Waals surface area contributed by atoms with Gasteiger partial charge >= 0.3 is 22.2 Å². The zero-order valence-electron chi connectivity index (χ0n) is 22.9. The summed E-state index contributed by atoms with van der Waals surface area (Å²) in [5.41, 5.74) is -2.50. The highest BCUT2D eigenvalue weighted by Gasteiger charge is 2.58. The predicted molar refractivity (Wildman–Crippen MR) is 148 cm³/mol. The average molecular weight is 656 g/mol. The summed E-state index contributed by atoms with van der Waals surface area (Å²) in [5, 5.41) is 9.57. The fourth-order valence-electron chi connectivity index (χ4n) is 3.04. The normalized spacial score (nSPS) is 17.8. The van der Waals surface area contributed by atoms with E-state index in [0.717, 1.165) is 18.4 Å². The van der Waals surface area contributed by atoms with Crippen LogP contribution in [-0.2, 0) is 48.6 Å². The van der Waals surface area contributed by atoms with Crippen LogP contribution in [-0.4, -0.2) is 103 Å². The summed E-state index contributed by atoms with van der Waals surface area (Å²) in [5.74, 6) is -5.52. The number of esters is 2. The van der Waals surface area contributed by atoms with Gasteiger partial charge in [0.05, 0.1) is 13.7 Å². The van der Waals surface area contributed by atoms with Crippen LogP contribution in [0.1, 0.15) is 19.5 Å². The van der Waals surface area contributed by atoms with Crippen molar-refractivity contribution in [2.75, 3.05) is 24.9 Å². The van der Waals surface area contributed by atoms with Gasteiger partial charge in [-0.1, -0.05) is 24.8 Å². The molecule has 228 valence electrons. The van der Waals surface area contributed by atoms with Crippen LogP contribution in [0.25, 0.3) is 0 Å². The van der Waals surface area contributed by atoms with Crippen LogP contribution < -0.4 is 10.6 Å². The minimum absolute atomic E-state index is 0.0147. The minimum Gasteiger partial charge on any atom is -0.467 e. The van der Waals surface area contributed by atoms with Gasteiger partial charge in [0, 0.05) is 13.5 Å². The third kappa shape index (κ3) is 8.92. The molecule has 0 spiro atoms. The number of carbonyl (C=O) groups excluding carboxylic acids is 5. The number of hydrogen-bond donors (Lipinski definition) is 3. The first-order valence-corrected chi connectivity index (χ1v) is 18.3. The number of amides is 3. The van der Waals surface area contributed by atoms with E-state index in [1.807, 2.05) is 0 Å². The topological polar surface area (TPSA) is 220 Å². The summed E-state index contributed by atoms with van der Waals surface area (Å²) < 4.78 is 42.1. The van der Waals surface area contributed by atoms with Crippen molar-refractivity contribution in [3.63, 3.8) is 0 Å². The van der Waals surface area contributed by atoms with Gasteiger partial charge in [0.2, 0.25) is 11.5 Å². The first-order valence-electron chi connectivity index (χ1n) is 11.8. The Bertz CT molecular complexity index is 1340. The molecule has 0 aliphatic carbocycles. The monoisotopic (exact) mass is 655 g/mol. The van der Waals surface area contributed by atoms with Crippen LogP contribution in [0.4, 0.5) is 5.13 Å².